The molecule has 0 saturated carbocycles. The van der Waals surface area contributed by atoms with Gasteiger partial charge in [0, 0.05) is 49.2 Å². The van der Waals surface area contributed by atoms with E-state index in [9.17, 15) is 4.79 Å². The van der Waals surface area contributed by atoms with Gasteiger partial charge in [0.1, 0.15) is 0 Å². The summed E-state index contributed by atoms with van der Waals surface area (Å²) in [6.45, 7) is 6.86. The summed E-state index contributed by atoms with van der Waals surface area (Å²) < 4.78 is 3.58. The normalized spacial score (nSPS) is 15.5. The standard InChI is InChI=1S/C24H28N8O/c1-3-16(2)27-23(33)21-9-18(12-32-22(21)28-24(25)29-32)19-10-26-31(13-19)20-14-30(15-20)11-17-7-5-4-6-8-17/h4-10,12-13,16,20H,3,11,14-15H2,1-2H3,(H2,25,29)(H,27,33)/t16-/m0/s1. The summed E-state index contributed by atoms with van der Waals surface area (Å²) in [6, 6.07) is 12.7. The fourth-order valence-electron chi connectivity index (χ4n) is 4.10. The number of nitrogens with two attached hydrogens (primary N) is 1. The number of nitrogens with one attached hydrogen (secondary N) is 1. The number of fused-ring (bicyclic) bond motifs is 1. The molecule has 0 unspecified atom stereocenters. The number of nitrogens with zero attached hydrogens (tertiary/aromatic N) is 6. The Morgan fingerprint density at radius 1 is 1.21 bits per heavy atom. The van der Waals surface area contributed by atoms with Crippen LogP contribution in [0.1, 0.15) is 42.2 Å². The first-order valence-electron chi connectivity index (χ1n) is 11.3. The summed E-state index contributed by atoms with van der Waals surface area (Å²) in [6.07, 6.45) is 6.54. The lowest BCUT2D eigenvalue weighted by molar-refractivity contribution is 0.0909. The zero-order valence-electron chi connectivity index (χ0n) is 18.8. The fraction of sp³-hybridized carbons (Fsp3) is 0.333. The van der Waals surface area contributed by atoms with Gasteiger partial charge in [0.2, 0.25) is 5.95 Å². The zero-order valence-corrected chi connectivity index (χ0v) is 18.8. The number of amides is 1. The summed E-state index contributed by atoms with van der Waals surface area (Å²) in [5.74, 6) is -0.0556. The van der Waals surface area contributed by atoms with Gasteiger partial charge in [-0.05, 0) is 25.0 Å². The lowest BCUT2D eigenvalue weighted by Crippen LogP contribution is -2.47. The minimum Gasteiger partial charge on any atom is -0.366 e. The first-order valence-corrected chi connectivity index (χ1v) is 11.3. The van der Waals surface area contributed by atoms with Crippen molar-refractivity contribution in [2.24, 2.45) is 0 Å². The topological polar surface area (TPSA) is 106 Å². The maximum atomic E-state index is 12.9. The third-order valence-corrected chi connectivity index (χ3v) is 6.18. The monoisotopic (exact) mass is 444 g/mol. The number of pyridine rings is 1. The van der Waals surface area contributed by atoms with Crippen LogP contribution < -0.4 is 11.1 Å². The van der Waals surface area contributed by atoms with E-state index in [-0.39, 0.29) is 17.9 Å². The van der Waals surface area contributed by atoms with Gasteiger partial charge in [-0.3, -0.25) is 14.4 Å². The maximum Gasteiger partial charge on any atom is 0.255 e. The molecule has 1 fully saturated rings. The van der Waals surface area contributed by atoms with Crippen LogP contribution in [-0.2, 0) is 6.54 Å². The molecule has 5 rings (SSSR count). The van der Waals surface area contributed by atoms with Crippen molar-refractivity contribution in [2.45, 2.75) is 38.9 Å². The largest absolute Gasteiger partial charge is 0.366 e. The third kappa shape index (κ3) is 4.31. The van der Waals surface area contributed by atoms with E-state index in [0.29, 0.717) is 17.3 Å². The molecule has 4 heterocycles. The van der Waals surface area contributed by atoms with Gasteiger partial charge >= 0.3 is 0 Å². The molecule has 170 valence electrons. The van der Waals surface area contributed by atoms with Crippen LogP contribution in [0.3, 0.4) is 0 Å². The van der Waals surface area contributed by atoms with Gasteiger partial charge in [-0.15, -0.1) is 5.10 Å². The highest BCUT2D eigenvalue weighted by Crippen LogP contribution is 2.27. The number of anilines is 1. The van der Waals surface area contributed by atoms with Crippen molar-refractivity contribution in [3.8, 4) is 11.1 Å². The van der Waals surface area contributed by atoms with Crippen LogP contribution in [-0.4, -0.2) is 54.3 Å². The SMILES string of the molecule is CC[C@H](C)NC(=O)c1cc(-c2cnn(C3CN(Cc4ccccc4)C3)c2)cn2nc(N)nc12. The maximum absolute atomic E-state index is 12.9. The summed E-state index contributed by atoms with van der Waals surface area (Å²) in [4.78, 5) is 19.6. The molecule has 1 saturated heterocycles. The van der Waals surface area contributed by atoms with E-state index < -0.39 is 0 Å². The van der Waals surface area contributed by atoms with Crippen molar-refractivity contribution in [1.29, 1.82) is 0 Å². The molecule has 33 heavy (non-hydrogen) atoms. The van der Waals surface area contributed by atoms with Gasteiger partial charge in [-0.25, -0.2) is 4.52 Å². The quantitative estimate of drug-likeness (QED) is 0.454. The van der Waals surface area contributed by atoms with Crippen molar-refractivity contribution in [2.75, 3.05) is 18.8 Å². The van der Waals surface area contributed by atoms with Crippen molar-refractivity contribution >= 4 is 17.5 Å². The minimum absolute atomic E-state index is 0.0571. The highest BCUT2D eigenvalue weighted by molar-refractivity contribution is 6.01. The van der Waals surface area contributed by atoms with Gasteiger partial charge < -0.3 is 11.1 Å². The van der Waals surface area contributed by atoms with E-state index in [4.69, 9.17) is 5.73 Å². The van der Waals surface area contributed by atoms with E-state index in [1.54, 1.807) is 4.52 Å². The molecule has 0 spiro atoms. The molecule has 1 aromatic carbocycles. The van der Waals surface area contributed by atoms with E-state index in [2.05, 4.69) is 49.7 Å². The Hall–Kier alpha value is -3.72. The van der Waals surface area contributed by atoms with Crippen molar-refractivity contribution in [3.05, 3.63) is 66.1 Å². The van der Waals surface area contributed by atoms with Gasteiger partial charge in [0.25, 0.3) is 5.91 Å². The Labute approximate surface area is 192 Å². The first-order chi connectivity index (χ1) is 16.0. The molecule has 0 radical (unpaired) electrons. The molecule has 3 aromatic heterocycles. The number of hydrogen-bond donors (Lipinski definition) is 2. The zero-order chi connectivity index (χ0) is 22.9. The summed E-state index contributed by atoms with van der Waals surface area (Å²) in [7, 11) is 0. The minimum atomic E-state index is -0.188. The number of hydrogen-bond acceptors (Lipinski definition) is 6. The Kier molecular flexibility index (Phi) is 5.55. The molecule has 1 aliphatic rings. The molecule has 9 nitrogen and oxygen atoms in total. The van der Waals surface area contributed by atoms with Crippen LogP contribution in [0.15, 0.2) is 55.0 Å². The molecular weight excluding hydrogens is 416 g/mol. The van der Waals surface area contributed by atoms with Crippen LogP contribution in [0.25, 0.3) is 16.8 Å². The molecule has 3 N–H and O–H groups in total. The Morgan fingerprint density at radius 3 is 2.76 bits per heavy atom. The van der Waals surface area contributed by atoms with E-state index in [1.807, 2.05) is 49.3 Å². The summed E-state index contributed by atoms with van der Waals surface area (Å²) >= 11 is 0. The van der Waals surface area contributed by atoms with Crippen molar-refractivity contribution in [1.82, 2.24) is 34.6 Å². The van der Waals surface area contributed by atoms with Crippen LogP contribution >= 0.6 is 0 Å². The van der Waals surface area contributed by atoms with Crippen LogP contribution in [0.4, 0.5) is 5.95 Å². The lowest BCUT2D eigenvalue weighted by atomic mass is 10.1. The van der Waals surface area contributed by atoms with E-state index in [1.165, 1.54) is 5.56 Å². The molecule has 1 aliphatic heterocycles. The van der Waals surface area contributed by atoms with Gasteiger partial charge in [0.15, 0.2) is 5.65 Å². The number of rotatable bonds is 7. The lowest BCUT2D eigenvalue weighted by Gasteiger charge is -2.39. The van der Waals surface area contributed by atoms with Crippen LogP contribution in [0, 0.1) is 0 Å². The van der Waals surface area contributed by atoms with E-state index in [0.717, 1.165) is 37.2 Å². The highest BCUT2D eigenvalue weighted by atomic mass is 16.1. The Balaban J connectivity index is 1.35. The summed E-state index contributed by atoms with van der Waals surface area (Å²) in [5, 5.41) is 11.8. The molecule has 4 aromatic rings. The predicted octanol–water partition coefficient (Wildman–Crippen LogP) is 2.76. The second kappa shape index (κ2) is 8.67. The Morgan fingerprint density at radius 2 is 2.00 bits per heavy atom. The number of likely N-dealkylation sites (tertiary alicyclic amines) is 1. The molecular formula is C24H28N8O. The van der Waals surface area contributed by atoms with E-state index >= 15 is 0 Å². The summed E-state index contributed by atoms with van der Waals surface area (Å²) in [5.41, 5.74) is 9.79. The van der Waals surface area contributed by atoms with Crippen LogP contribution in [0.5, 0.6) is 0 Å². The predicted molar refractivity (Wildman–Crippen MR) is 127 cm³/mol. The Bertz CT molecular complexity index is 1270. The van der Waals surface area contributed by atoms with Gasteiger partial charge in [-0.2, -0.15) is 10.1 Å². The van der Waals surface area contributed by atoms with Gasteiger partial charge in [-0.1, -0.05) is 37.3 Å². The first kappa shape index (κ1) is 21.1. The number of benzene rings is 1. The molecule has 0 aliphatic carbocycles. The van der Waals surface area contributed by atoms with Crippen molar-refractivity contribution < 1.29 is 4.79 Å². The average Bonchev–Trinajstić information content (AvgIpc) is 3.41. The van der Waals surface area contributed by atoms with Crippen molar-refractivity contribution in [3.63, 3.8) is 0 Å². The highest BCUT2D eigenvalue weighted by Gasteiger charge is 2.29. The smallest absolute Gasteiger partial charge is 0.255 e. The second-order valence-corrected chi connectivity index (χ2v) is 8.71. The molecule has 1 atom stereocenters. The average molecular weight is 445 g/mol. The molecule has 0 bridgehead atoms. The number of aromatic nitrogens is 5. The molecule has 9 heteroatoms. The van der Waals surface area contributed by atoms with Crippen LogP contribution in [0.2, 0.25) is 0 Å². The number of carbonyl (C=O) groups is 1. The van der Waals surface area contributed by atoms with Gasteiger partial charge in [0.05, 0.1) is 17.8 Å². The second-order valence-electron chi connectivity index (χ2n) is 8.71. The molecule has 1 amide bonds. The number of nitrogen functional groups attached to an aromatic ring is 1. The fourth-order valence-corrected chi connectivity index (χ4v) is 4.10. The number of carbonyl (C=O) groups excluding carboxylic acids is 1. The third-order valence-electron chi connectivity index (χ3n) is 6.18.